The van der Waals surface area contributed by atoms with Crippen LogP contribution in [0.25, 0.3) is 22.3 Å². The Labute approximate surface area is 234 Å². The number of aryl methyl sites for hydroxylation is 2. The van der Waals surface area contributed by atoms with Gasteiger partial charge >= 0.3 is 18.9 Å². The Balaban J connectivity index is 0.00000225. The Morgan fingerprint density at radius 3 is 2.47 bits per heavy atom. The van der Waals surface area contributed by atoms with Gasteiger partial charge in [-0.3, -0.25) is 0 Å². The van der Waals surface area contributed by atoms with Gasteiger partial charge in [0.25, 0.3) is 0 Å². The maximum atomic E-state index is 6.78. The molecule has 0 spiro atoms. The third-order valence-corrected chi connectivity index (χ3v) is 8.54. The maximum absolute atomic E-state index is 6.78. The van der Waals surface area contributed by atoms with E-state index in [4.69, 9.17) is 9.47 Å². The first-order valence-electron chi connectivity index (χ1n) is 13.0. The van der Waals surface area contributed by atoms with Gasteiger partial charge in [-0.1, -0.05) is 48.3 Å². The fourth-order valence-electron chi connectivity index (χ4n) is 7.01. The summed E-state index contributed by atoms with van der Waals surface area (Å²) in [5.41, 5.74) is 16.5. The molecule has 3 heterocycles. The summed E-state index contributed by atoms with van der Waals surface area (Å²) in [6.07, 6.45) is 1.86. The number of rotatable bonds is 1. The van der Waals surface area contributed by atoms with E-state index in [1.54, 1.807) is 0 Å². The molecule has 0 atom stereocenters. The van der Waals surface area contributed by atoms with Gasteiger partial charge in [0.2, 0.25) is 6.71 Å². The molecule has 0 fully saturated rings. The third-order valence-electron chi connectivity index (χ3n) is 8.54. The zero-order valence-electron chi connectivity index (χ0n) is 21.7. The summed E-state index contributed by atoms with van der Waals surface area (Å²) in [4.78, 5) is 0. The second-order valence-corrected chi connectivity index (χ2v) is 10.9. The summed E-state index contributed by atoms with van der Waals surface area (Å²) in [5.74, 6) is 3.58. The van der Waals surface area contributed by atoms with Crippen LogP contribution in [0, 0.1) is 26.0 Å². The molecule has 1 aliphatic carbocycles. The minimum atomic E-state index is 0. The average molecular weight is 479 g/mol. The van der Waals surface area contributed by atoms with E-state index in [-0.39, 0.29) is 25.6 Å². The minimum Gasteiger partial charge on any atom is -0.478 e. The van der Waals surface area contributed by atoms with Gasteiger partial charge in [-0.2, -0.15) is 18.2 Å². The van der Waals surface area contributed by atoms with E-state index in [0.717, 1.165) is 52.4 Å². The van der Waals surface area contributed by atoms with Crippen molar-refractivity contribution in [1.82, 2.24) is 0 Å². The first-order chi connectivity index (χ1) is 18.1. The van der Waals surface area contributed by atoms with Crippen LogP contribution in [0.1, 0.15) is 33.4 Å². The minimum absolute atomic E-state index is 0. The van der Waals surface area contributed by atoms with Crippen molar-refractivity contribution in [1.29, 1.82) is 0 Å². The molecule has 38 heavy (non-hydrogen) atoms. The fourth-order valence-corrected chi connectivity index (χ4v) is 7.01. The molecular weight excluding hydrogens is 458 g/mol. The molecule has 174 valence electrons. The topological polar surface area (TPSA) is 18.5 Å². The number of hydrogen-bond acceptors (Lipinski definition) is 2. The van der Waals surface area contributed by atoms with Crippen LogP contribution in [-0.4, -0.2) is 6.71 Å². The van der Waals surface area contributed by atoms with Crippen LogP contribution in [0.2, 0.25) is 0 Å². The largest absolute Gasteiger partial charge is 1.00 e. The van der Waals surface area contributed by atoms with E-state index >= 15 is 0 Å². The van der Waals surface area contributed by atoms with Crippen LogP contribution in [0.5, 0.6) is 23.0 Å². The summed E-state index contributed by atoms with van der Waals surface area (Å²) in [7, 11) is 0. The van der Waals surface area contributed by atoms with Crippen molar-refractivity contribution in [2.24, 2.45) is 0 Å². The predicted octanol–water partition coefficient (Wildman–Crippen LogP) is 2.78. The molecule has 3 aliphatic heterocycles. The third kappa shape index (κ3) is 2.87. The molecule has 0 aromatic heterocycles. The molecule has 0 N–H and O–H groups in total. The molecule has 0 saturated carbocycles. The van der Waals surface area contributed by atoms with E-state index in [1.807, 2.05) is 6.07 Å². The van der Waals surface area contributed by atoms with Crippen molar-refractivity contribution in [3.63, 3.8) is 0 Å². The zero-order valence-corrected chi connectivity index (χ0v) is 21.7. The number of ether oxygens (including phenoxy) is 2. The predicted molar refractivity (Wildman–Crippen MR) is 148 cm³/mol. The Hall–Kier alpha value is -3.64. The summed E-state index contributed by atoms with van der Waals surface area (Å²) >= 11 is 0. The molecule has 0 saturated heterocycles. The van der Waals surface area contributed by atoms with E-state index < -0.39 is 0 Å². The van der Waals surface area contributed by atoms with E-state index in [1.165, 1.54) is 55.4 Å². The van der Waals surface area contributed by atoms with Crippen LogP contribution in [0.3, 0.4) is 0 Å². The van der Waals surface area contributed by atoms with Crippen molar-refractivity contribution < 1.29 is 28.3 Å². The molecular formula is C34H21BLiO2-. The van der Waals surface area contributed by atoms with Crippen molar-refractivity contribution in [2.75, 3.05) is 0 Å². The molecule has 4 heteroatoms. The summed E-state index contributed by atoms with van der Waals surface area (Å²) < 4.78 is 13.3. The van der Waals surface area contributed by atoms with Crippen LogP contribution in [0.15, 0.2) is 66.7 Å². The average Bonchev–Trinajstić information content (AvgIpc) is 3.26. The summed E-state index contributed by atoms with van der Waals surface area (Å²) in [6.45, 7) is 4.39. The molecule has 0 radical (unpaired) electrons. The first-order valence-corrected chi connectivity index (χ1v) is 13.0. The fraction of sp³-hybridized carbons (Fsp3) is 0.118. The summed E-state index contributed by atoms with van der Waals surface area (Å²) in [5, 5.41) is 0. The van der Waals surface area contributed by atoms with E-state index in [2.05, 4.69) is 86.6 Å². The Bertz CT molecular complexity index is 1870. The van der Waals surface area contributed by atoms with Gasteiger partial charge < -0.3 is 9.47 Å². The quantitative estimate of drug-likeness (QED) is 0.267. The van der Waals surface area contributed by atoms with E-state index in [9.17, 15) is 0 Å². The number of benzene rings is 5. The maximum Gasteiger partial charge on any atom is 1.00 e. The van der Waals surface area contributed by atoms with Gasteiger partial charge in [-0.25, -0.2) is 11.1 Å². The molecule has 5 aromatic rings. The summed E-state index contributed by atoms with van der Waals surface area (Å²) in [6, 6.07) is 31.0. The molecule has 5 aromatic carbocycles. The second-order valence-electron chi connectivity index (χ2n) is 10.9. The zero-order chi connectivity index (χ0) is 24.4. The molecule has 0 amide bonds. The van der Waals surface area contributed by atoms with Gasteiger partial charge in [0.05, 0.1) is 0 Å². The van der Waals surface area contributed by atoms with Crippen LogP contribution < -0.4 is 44.7 Å². The molecule has 2 nitrogen and oxygen atoms in total. The molecule has 4 aliphatic rings. The van der Waals surface area contributed by atoms with E-state index in [0.29, 0.717) is 0 Å². The molecule has 9 rings (SSSR count). The van der Waals surface area contributed by atoms with Gasteiger partial charge in [-0.15, -0.1) is 23.8 Å². The smallest absolute Gasteiger partial charge is 0.478 e. The van der Waals surface area contributed by atoms with Crippen LogP contribution >= 0.6 is 0 Å². The Morgan fingerprint density at radius 1 is 0.711 bits per heavy atom. The van der Waals surface area contributed by atoms with Crippen molar-refractivity contribution >= 4 is 23.1 Å². The SMILES string of the molecule is Cc1cc[c-]c(-c2[c-]c3c4c(c2)Oc2cc5c(c6c2B4c2c(cccc2O3)C6)-c2cc(C)ccc2C5)c1.[Li+]. The monoisotopic (exact) mass is 479 g/mol. The second kappa shape index (κ2) is 7.70. The Kier molecular flexibility index (Phi) is 4.53. The first kappa shape index (κ1) is 22.4. The van der Waals surface area contributed by atoms with Crippen LogP contribution in [0.4, 0.5) is 0 Å². The van der Waals surface area contributed by atoms with Gasteiger partial charge in [0, 0.05) is 11.5 Å². The van der Waals surface area contributed by atoms with Gasteiger partial charge in [0.1, 0.15) is 11.5 Å². The van der Waals surface area contributed by atoms with Gasteiger partial charge in [-0.05, 0) is 76.2 Å². The molecule has 0 unspecified atom stereocenters. The van der Waals surface area contributed by atoms with Crippen molar-refractivity contribution in [2.45, 2.75) is 26.7 Å². The number of fused-ring (bicyclic) bond motifs is 4. The van der Waals surface area contributed by atoms with Crippen molar-refractivity contribution in [3.8, 4) is 45.3 Å². The van der Waals surface area contributed by atoms with Crippen molar-refractivity contribution in [3.05, 3.63) is 112 Å². The number of hydrogen-bond donors (Lipinski definition) is 0. The van der Waals surface area contributed by atoms with Gasteiger partial charge in [0.15, 0.2) is 0 Å². The van der Waals surface area contributed by atoms with Crippen LogP contribution in [-0.2, 0) is 12.8 Å². The normalized spacial score (nSPS) is 14.0. The standard InChI is InChI=1S/C34H21BO2.Li/c1-18-5-3-6-20(11-18)23-15-29-34-30(16-23)37-28-17-24-13-21-10-9-19(2)12-25(21)31(24)26-14-22-7-4-8-27(36-29)32(22)35(34)33(26)28;/h3-5,7-12,16-17H,13-14H2,1-2H3;/q-2;+1. The molecule has 0 bridgehead atoms. The Morgan fingerprint density at radius 2 is 1.58 bits per heavy atom.